The molecule has 1 aromatic carbocycles. The van der Waals surface area contributed by atoms with E-state index in [1.54, 1.807) is 0 Å². The van der Waals surface area contributed by atoms with Gasteiger partial charge in [-0.2, -0.15) is 0 Å². The molecule has 4 nitrogen and oxygen atoms in total. The van der Waals surface area contributed by atoms with Gasteiger partial charge in [0.2, 0.25) is 5.91 Å². The maximum Gasteiger partial charge on any atom is 0.222 e. The van der Waals surface area contributed by atoms with E-state index in [9.17, 15) is 13.6 Å². The summed E-state index contributed by atoms with van der Waals surface area (Å²) in [6, 6.07) is 3.69. The number of likely N-dealkylation sites (tertiary alicyclic amines) is 1. The standard InChI is InChI=1S/C16H22F2N2O2.ClH/c1-19-13-6-8-20(9-7-13)16(21)3-2-10-22-15-5-4-12(17)11-14(15)18;/h4-5,11,13,19H,2-3,6-10H2,1H3;1H. The van der Waals surface area contributed by atoms with Crippen LogP contribution >= 0.6 is 12.4 Å². The van der Waals surface area contributed by atoms with Crippen LogP contribution in [0, 0.1) is 11.6 Å². The predicted octanol–water partition coefficient (Wildman–Crippen LogP) is 2.76. The zero-order valence-corrected chi connectivity index (χ0v) is 14.0. The lowest BCUT2D eigenvalue weighted by Crippen LogP contribution is -2.43. The second-order valence-electron chi connectivity index (χ2n) is 5.47. The minimum atomic E-state index is -0.722. The molecule has 1 heterocycles. The first kappa shape index (κ1) is 19.6. The van der Waals surface area contributed by atoms with Gasteiger partial charge in [-0.1, -0.05) is 0 Å². The Morgan fingerprint density at radius 1 is 1.35 bits per heavy atom. The number of hydrogen-bond donors (Lipinski definition) is 1. The molecule has 1 N–H and O–H groups in total. The third-order valence-electron chi connectivity index (χ3n) is 3.94. The molecule has 0 aromatic heterocycles. The van der Waals surface area contributed by atoms with Crippen LogP contribution in [0.5, 0.6) is 5.75 Å². The Labute approximate surface area is 141 Å². The van der Waals surface area contributed by atoms with Crippen LogP contribution in [-0.4, -0.2) is 43.6 Å². The molecular formula is C16H23ClF2N2O2. The normalized spacial score (nSPS) is 15.2. The van der Waals surface area contributed by atoms with Crippen LogP contribution in [0.1, 0.15) is 25.7 Å². The van der Waals surface area contributed by atoms with E-state index in [0.29, 0.717) is 18.9 Å². The molecule has 1 fully saturated rings. The highest BCUT2D eigenvalue weighted by Crippen LogP contribution is 2.18. The third kappa shape index (κ3) is 5.95. The molecule has 2 rings (SSSR count). The molecule has 23 heavy (non-hydrogen) atoms. The van der Waals surface area contributed by atoms with Gasteiger partial charge >= 0.3 is 0 Å². The Morgan fingerprint density at radius 3 is 2.65 bits per heavy atom. The first-order chi connectivity index (χ1) is 10.6. The summed E-state index contributed by atoms with van der Waals surface area (Å²) in [6.45, 7) is 1.79. The fourth-order valence-corrected chi connectivity index (χ4v) is 2.57. The van der Waals surface area contributed by atoms with Gasteiger partial charge in [0.15, 0.2) is 11.6 Å². The van der Waals surface area contributed by atoms with E-state index in [1.165, 1.54) is 6.07 Å². The predicted molar refractivity (Wildman–Crippen MR) is 87.0 cm³/mol. The Bertz CT molecular complexity index is 509. The van der Waals surface area contributed by atoms with Crippen molar-refractivity contribution < 1.29 is 18.3 Å². The number of hydrogen-bond acceptors (Lipinski definition) is 3. The molecule has 0 radical (unpaired) electrons. The molecule has 0 bridgehead atoms. The maximum atomic E-state index is 13.4. The second kappa shape index (κ2) is 9.67. The van der Waals surface area contributed by atoms with Crippen molar-refractivity contribution in [2.75, 3.05) is 26.7 Å². The molecule has 0 spiro atoms. The summed E-state index contributed by atoms with van der Waals surface area (Å²) < 4.78 is 31.3. The number of piperidine rings is 1. The molecule has 0 aliphatic carbocycles. The van der Waals surface area contributed by atoms with Gasteiger partial charge in [0, 0.05) is 31.6 Å². The molecule has 1 aliphatic heterocycles. The summed E-state index contributed by atoms with van der Waals surface area (Å²) in [7, 11) is 1.94. The van der Waals surface area contributed by atoms with Crippen molar-refractivity contribution >= 4 is 18.3 Å². The number of halogens is 3. The van der Waals surface area contributed by atoms with E-state index in [2.05, 4.69) is 5.32 Å². The van der Waals surface area contributed by atoms with E-state index in [1.807, 2.05) is 11.9 Å². The second-order valence-corrected chi connectivity index (χ2v) is 5.47. The highest BCUT2D eigenvalue weighted by molar-refractivity contribution is 5.85. The monoisotopic (exact) mass is 348 g/mol. The van der Waals surface area contributed by atoms with Crippen molar-refractivity contribution in [2.45, 2.75) is 31.7 Å². The molecular weight excluding hydrogens is 326 g/mol. The molecule has 1 aromatic rings. The average Bonchev–Trinajstić information content (AvgIpc) is 2.53. The number of nitrogens with one attached hydrogen (secondary N) is 1. The Kier molecular flexibility index (Phi) is 8.26. The van der Waals surface area contributed by atoms with E-state index < -0.39 is 11.6 Å². The fourth-order valence-electron chi connectivity index (χ4n) is 2.57. The van der Waals surface area contributed by atoms with Crippen molar-refractivity contribution in [1.29, 1.82) is 0 Å². The number of nitrogens with zero attached hydrogens (tertiary/aromatic N) is 1. The summed E-state index contributed by atoms with van der Waals surface area (Å²) in [5.41, 5.74) is 0. The zero-order valence-electron chi connectivity index (χ0n) is 13.2. The van der Waals surface area contributed by atoms with Crippen LogP contribution < -0.4 is 10.1 Å². The van der Waals surface area contributed by atoms with Crippen molar-refractivity contribution in [1.82, 2.24) is 10.2 Å². The van der Waals surface area contributed by atoms with Gasteiger partial charge in [0.25, 0.3) is 0 Å². The summed E-state index contributed by atoms with van der Waals surface area (Å²) in [4.78, 5) is 13.9. The van der Waals surface area contributed by atoms with Crippen LogP contribution in [0.3, 0.4) is 0 Å². The topological polar surface area (TPSA) is 41.6 Å². The molecule has 130 valence electrons. The lowest BCUT2D eigenvalue weighted by Gasteiger charge is -2.31. The number of carbonyl (C=O) groups excluding carboxylic acids is 1. The van der Waals surface area contributed by atoms with Gasteiger partial charge in [-0.25, -0.2) is 8.78 Å². The molecule has 0 saturated carbocycles. The van der Waals surface area contributed by atoms with Crippen LogP contribution in [0.15, 0.2) is 18.2 Å². The van der Waals surface area contributed by atoms with Crippen molar-refractivity contribution in [2.24, 2.45) is 0 Å². The zero-order chi connectivity index (χ0) is 15.9. The number of rotatable bonds is 6. The SMILES string of the molecule is CNC1CCN(C(=O)CCCOc2ccc(F)cc2F)CC1.Cl. The average molecular weight is 349 g/mol. The van der Waals surface area contributed by atoms with Crippen LogP contribution in [0.4, 0.5) is 8.78 Å². The van der Waals surface area contributed by atoms with Gasteiger partial charge in [0.05, 0.1) is 6.61 Å². The Hall–Kier alpha value is -1.40. The minimum Gasteiger partial charge on any atom is -0.491 e. The van der Waals surface area contributed by atoms with Gasteiger partial charge < -0.3 is 15.0 Å². The minimum absolute atomic E-state index is 0. The molecule has 1 saturated heterocycles. The van der Waals surface area contributed by atoms with Gasteiger partial charge in [-0.05, 0) is 38.4 Å². The van der Waals surface area contributed by atoms with Crippen LogP contribution in [0.25, 0.3) is 0 Å². The highest BCUT2D eigenvalue weighted by atomic mass is 35.5. The first-order valence-electron chi connectivity index (χ1n) is 7.63. The fraction of sp³-hybridized carbons (Fsp3) is 0.562. The van der Waals surface area contributed by atoms with Crippen LogP contribution in [-0.2, 0) is 4.79 Å². The summed E-state index contributed by atoms with van der Waals surface area (Å²) in [5, 5.41) is 3.22. The van der Waals surface area contributed by atoms with E-state index in [0.717, 1.165) is 38.1 Å². The van der Waals surface area contributed by atoms with Crippen molar-refractivity contribution in [3.8, 4) is 5.75 Å². The van der Waals surface area contributed by atoms with Crippen molar-refractivity contribution in [3.63, 3.8) is 0 Å². The van der Waals surface area contributed by atoms with Crippen molar-refractivity contribution in [3.05, 3.63) is 29.8 Å². The number of ether oxygens (including phenoxy) is 1. The lowest BCUT2D eigenvalue weighted by atomic mass is 10.0. The van der Waals surface area contributed by atoms with Crippen LogP contribution in [0.2, 0.25) is 0 Å². The largest absolute Gasteiger partial charge is 0.491 e. The smallest absolute Gasteiger partial charge is 0.222 e. The van der Waals surface area contributed by atoms with Gasteiger partial charge in [-0.15, -0.1) is 12.4 Å². The molecule has 0 atom stereocenters. The quantitative estimate of drug-likeness (QED) is 0.804. The molecule has 0 unspecified atom stereocenters. The van der Waals surface area contributed by atoms with E-state index in [-0.39, 0.29) is 30.7 Å². The maximum absolute atomic E-state index is 13.4. The first-order valence-corrected chi connectivity index (χ1v) is 7.63. The molecule has 7 heteroatoms. The van der Waals surface area contributed by atoms with E-state index in [4.69, 9.17) is 4.74 Å². The summed E-state index contributed by atoms with van der Waals surface area (Å²) in [5.74, 6) is -1.23. The Balaban J connectivity index is 0.00000264. The number of amides is 1. The summed E-state index contributed by atoms with van der Waals surface area (Å²) in [6.07, 6.45) is 2.84. The Morgan fingerprint density at radius 2 is 2.04 bits per heavy atom. The van der Waals surface area contributed by atoms with Gasteiger partial charge in [-0.3, -0.25) is 4.79 Å². The molecule has 1 aliphatic rings. The third-order valence-corrected chi connectivity index (χ3v) is 3.94. The summed E-state index contributed by atoms with van der Waals surface area (Å²) >= 11 is 0. The lowest BCUT2D eigenvalue weighted by molar-refractivity contribution is -0.132. The number of benzene rings is 1. The van der Waals surface area contributed by atoms with Gasteiger partial charge in [0.1, 0.15) is 5.82 Å². The number of carbonyl (C=O) groups is 1. The molecule has 1 amide bonds. The highest BCUT2D eigenvalue weighted by Gasteiger charge is 2.21. The van der Waals surface area contributed by atoms with E-state index >= 15 is 0 Å².